The first-order chi connectivity index (χ1) is 12.0. The van der Waals surface area contributed by atoms with Crippen LogP contribution in [0.3, 0.4) is 0 Å². The van der Waals surface area contributed by atoms with Gasteiger partial charge in [0.05, 0.1) is 29.9 Å². The summed E-state index contributed by atoms with van der Waals surface area (Å²) in [6.07, 6.45) is -0.870. The topological polar surface area (TPSA) is 94.1 Å². The standard InChI is InChI=1S/C18H21NO6/c1-10-12(16(20)21)13(11-8-6-5-7-9-11)14(17(22)23-2)15(19-10)18(24-3)25-4/h5-9,13,18-19H,1-4H3,(H,20,21). The summed E-state index contributed by atoms with van der Waals surface area (Å²) in [5.74, 6) is -2.58. The zero-order valence-corrected chi connectivity index (χ0v) is 14.5. The van der Waals surface area contributed by atoms with Crippen molar-refractivity contribution < 1.29 is 28.9 Å². The van der Waals surface area contributed by atoms with Crippen LogP contribution in [0.4, 0.5) is 0 Å². The Kier molecular flexibility index (Phi) is 5.95. The molecule has 7 heteroatoms. The van der Waals surface area contributed by atoms with Gasteiger partial charge in [-0.2, -0.15) is 0 Å². The highest BCUT2D eigenvalue weighted by molar-refractivity contribution is 5.99. The van der Waals surface area contributed by atoms with Gasteiger partial charge in [0.1, 0.15) is 0 Å². The first-order valence-electron chi connectivity index (χ1n) is 7.60. The van der Waals surface area contributed by atoms with E-state index in [0.29, 0.717) is 17.0 Å². The van der Waals surface area contributed by atoms with Gasteiger partial charge in [-0.15, -0.1) is 0 Å². The molecule has 0 aliphatic carbocycles. The molecule has 1 aromatic rings. The van der Waals surface area contributed by atoms with E-state index in [1.165, 1.54) is 21.3 Å². The summed E-state index contributed by atoms with van der Waals surface area (Å²) in [7, 11) is 4.11. The monoisotopic (exact) mass is 347 g/mol. The number of carboxylic acid groups (broad SMARTS) is 1. The number of esters is 1. The Hall–Kier alpha value is -2.64. The number of carbonyl (C=O) groups excluding carboxylic acids is 1. The molecule has 134 valence electrons. The molecule has 1 heterocycles. The Bertz CT molecular complexity index is 718. The molecule has 0 aromatic heterocycles. The molecule has 1 unspecified atom stereocenters. The van der Waals surface area contributed by atoms with Crippen molar-refractivity contribution in [1.29, 1.82) is 0 Å². The summed E-state index contributed by atoms with van der Waals surface area (Å²) >= 11 is 0. The minimum absolute atomic E-state index is 0.0707. The van der Waals surface area contributed by atoms with Crippen molar-refractivity contribution in [3.63, 3.8) is 0 Å². The maximum Gasteiger partial charge on any atom is 0.336 e. The lowest BCUT2D eigenvalue weighted by Crippen LogP contribution is -2.38. The molecular formula is C18H21NO6. The van der Waals surface area contributed by atoms with Crippen LogP contribution in [0.5, 0.6) is 0 Å². The Balaban J connectivity index is 2.76. The van der Waals surface area contributed by atoms with Crippen LogP contribution in [0.25, 0.3) is 0 Å². The van der Waals surface area contributed by atoms with Gasteiger partial charge in [0.25, 0.3) is 0 Å². The van der Waals surface area contributed by atoms with Gasteiger partial charge >= 0.3 is 11.9 Å². The first kappa shape index (κ1) is 18.7. The molecule has 0 bridgehead atoms. The summed E-state index contributed by atoms with van der Waals surface area (Å²) in [4.78, 5) is 24.4. The van der Waals surface area contributed by atoms with Crippen LogP contribution in [-0.2, 0) is 23.8 Å². The fraction of sp³-hybridized carbons (Fsp3) is 0.333. The molecule has 0 saturated heterocycles. The summed E-state index contributed by atoms with van der Waals surface area (Å²) < 4.78 is 15.5. The van der Waals surface area contributed by atoms with Crippen molar-refractivity contribution in [2.24, 2.45) is 0 Å². The fourth-order valence-corrected chi connectivity index (χ4v) is 2.97. The number of hydrogen-bond acceptors (Lipinski definition) is 6. The summed E-state index contributed by atoms with van der Waals surface area (Å²) in [5.41, 5.74) is 1.60. The number of hydrogen-bond donors (Lipinski definition) is 2. The second-order valence-corrected chi connectivity index (χ2v) is 5.43. The SMILES string of the molecule is COC(=O)C1=C(C(OC)OC)NC(C)=C(C(=O)O)C1c1ccccc1. The van der Waals surface area contributed by atoms with E-state index in [4.69, 9.17) is 14.2 Å². The minimum Gasteiger partial charge on any atom is -0.478 e. The van der Waals surface area contributed by atoms with E-state index in [9.17, 15) is 14.7 Å². The lowest BCUT2D eigenvalue weighted by atomic mass is 9.80. The van der Waals surface area contributed by atoms with E-state index in [0.717, 1.165) is 0 Å². The predicted molar refractivity (Wildman–Crippen MR) is 89.5 cm³/mol. The average molecular weight is 347 g/mol. The molecular weight excluding hydrogens is 326 g/mol. The van der Waals surface area contributed by atoms with Crippen molar-refractivity contribution in [1.82, 2.24) is 5.32 Å². The molecule has 2 N–H and O–H groups in total. The summed E-state index contributed by atoms with van der Waals surface area (Å²) in [5, 5.41) is 12.7. The maximum atomic E-state index is 12.5. The maximum absolute atomic E-state index is 12.5. The van der Waals surface area contributed by atoms with Gasteiger partial charge in [0.15, 0.2) is 6.29 Å². The molecule has 0 radical (unpaired) electrons. The third-order valence-electron chi connectivity index (χ3n) is 4.03. The van der Waals surface area contributed by atoms with Crippen LogP contribution in [-0.4, -0.2) is 44.7 Å². The van der Waals surface area contributed by atoms with Gasteiger partial charge in [-0.1, -0.05) is 30.3 Å². The van der Waals surface area contributed by atoms with Crippen LogP contribution in [0, 0.1) is 0 Å². The van der Waals surface area contributed by atoms with E-state index < -0.39 is 24.1 Å². The average Bonchev–Trinajstić information content (AvgIpc) is 2.62. The zero-order valence-electron chi connectivity index (χ0n) is 14.5. The molecule has 25 heavy (non-hydrogen) atoms. The second-order valence-electron chi connectivity index (χ2n) is 5.43. The van der Waals surface area contributed by atoms with Crippen LogP contribution in [0.1, 0.15) is 18.4 Å². The number of aliphatic carboxylic acids is 1. The molecule has 2 rings (SSSR count). The van der Waals surface area contributed by atoms with Gasteiger partial charge in [0.2, 0.25) is 0 Å². The van der Waals surface area contributed by atoms with Gasteiger partial charge in [-0.05, 0) is 12.5 Å². The highest BCUT2D eigenvalue weighted by atomic mass is 16.7. The number of carboxylic acids is 1. The van der Waals surface area contributed by atoms with Crippen LogP contribution < -0.4 is 5.32 Å². The van der Waals surface area contributed by atoms with E-state index in [1.807, 2.05) is 6.07 Å². The third-order valence-corrected chi connectivity index (χ3v) is 4.03. The van der Waals surface area contributed by atoms with Crippen LogP contribution >= 0.6 is 0 Å². The fourth-order valence-electron chi connectivity index (χ4n) is 2.97. The highest BCUT2D eigenvalue weighted by Crippen LogP contribution is 2.39. The molecule has 1 aliphatic rings. The highest BCUT2D eigenvalue weighted by Gasteiger charge is 2.40. The zero-order chi connectivity index (χ0) is 18.6. The number of carbonyl (C=O) groups is 2. The van der Waals surface area contributed by atoms with Crippen molar-refractivity contribution in [3.05, 3.63) is 58.4 Å². The van der Waals surface area contributed by atoms with E-state index in [1.54, 1.807) is 31.2 Å². The number of allylic oxidation sites excluding steroid dienone is 1. The Labute approximate surface area is 145 Å². The van der Waals surface area contributed by atoms with Crippen molar-refractivity contribution in [2.75, 3.05) is 21.3 Å². The number of rotatable bonds is 6. The molecule has 0 spiro atoms. The lowest BCUT2D eigenvalue weighted by molar-refractivity contribution is -0.137. The van der Waals surface area contributed by atoms with Crippen molar-refractivity contribution in [2.45, 2.75) is 19.1 Å². The molecule has 7 nitrogen and oxygen atoms in total. The number of dihydropyridines is 1. The molecule has 0 saturated carbocycles. The Morgan fingerprint density at radius 2 is 1.68 bits per heavy atom. The van der Waals surface area contributed by atoms with E-state index >= 15 is 0 Å². The third kappa shape index (κ3) is 3.57. The normalized spacial score (nSPS) is 17.6. The number of nitrogens with one attached hydrogen (secondary N) is 1. The van der Waals surface area contributed by atoms with Crippen molar-refractivity contribution in [3.8, 4) is 0 Å². The number of methoxy groups -OCH3 is 3. The summed E-state index contributed by atoms with van der Waals surface area (Å²) in [6, 6.07) is 8.91. The second kappa shape index (κ2) is 7.96. The van der Waals surface area contributed by atoms with Gasteiger partial charge in [0, 0.05) is 19.9 Å². The largest absolute Gasteiger partial charge is 0.478 e. The lowest BCUT2D eigenvalue weighted by Gasteiger charge is -2.32. The Morgan fingerprint density at radius 3 is 2.16 bits per heavy atom. The molecule has 1 aromatic carbocycles. The first-order valence-corrected chi connectivity index (χ1v) is 7.60. The smallest absolute Gasteiger partial charge is 0.336 e. The quantitative estimate of drug-likeness (QED) is 0.598. The number of ether oxygens (including phenoxy) is 3. The van der Waals surface area contributed by atoms with Crippen molar-refractivity contribution >= 4 is 11.9 Å². The number of benzene rings is 1. The van der Waals surface area contributed by atoms with Gasteiger partial charge in [-0.3, -0.25) is 0 Å². The molecule has 0 fully saturated rings. The molecule has 1 aliphatic heterocycles. The van der Waals surface area contributed by atoms with Gasteiger partial charge in [-0.25, -0.2) is 9.59 Å². The van der Waals surface area contributed by atoms with Crippen LogP contribution in [0.15, 0.2) is 52.9 Å². The Morgan fingerprint density at radius 1 is 1.08 bits per heavy atom. The minimum atomic E-state index is -1.12. The predicted octanol–water partition coefficient (Wildman–Crippen LogP) is 1.78. The van der Waals surface area contributed by atoms with E-state index in [2.05, 4.69) is 5.32 Å². The molecule has 1 atom stereocenters. The van der Waals surface area contributed by atoms with E-state index in [-0.39, 0.29) is 11.1 Å². The van der Waals surface area contributed by atoms with Gasteiger partial charge < -0.3 is 24.6 Å². The summed E-state index contributed by atoms with van der Waals surface area (Å²) in [6.45, 7) is 1.63. The van der Waals surface area contributed by atoms with Crippen LogP contribution in [0.2, 0.25) is 0 Å². The molecule has 0 amide bonds.